The van der Waals surface area contributed by atoms with Gasteiger partial charge in [0.1, 0.15) is 5.75 Å². The van der Waals surface area contributed by atoms with Crippen LogP contribution in [0.2, 0.25) is 0 Å². The third-order valence-corrected chi connectivity index (χ3v) is 1.94. The molecule has 1 atom stereocenters. The van der Waals surface area contributed by atoms with Gasteiger partial charge in [-0.3, -0.25) is 4.79 Å². The average molecular weight is 222 g/mol. The van der Waals surface area contributed by atoms with Crippen LogP contribution >= 0.6 is 0 Å². The predicted molar refractivity (Wildman–Crippen MR) is 64.5 cm³/mol. The molecule has 16 heavy (non-hydrogen) atoms. The molecule has 4 nitrogen and oxygen atoms in total. The van der Waals surface area contributed by atoms with Gasteiger partial charge in [0, 0.05) is 24.2 Å². The maximum Gasteiger partial charge on any atom is 0.225 e. The molecule has 0 heterocycles. The van der Waals surface area contributed by atoms with Gasteiger partial charge in [-0.2, -0.15) is 0 Å². The fourth-order valence-corrected chi connectivity index (χ4v) is 1.33. The molecular formula is C12H18N2O2. The van der Waals surface area contributed by atoms with Crippen molar-refractivity contribution in [2.24, 2.45) is 5.73 Å². The highest BCUT2D eigenvalue weighted by molar-refractivity contribution is 5.91. The Morgan fingerprint density at radius 1 is 1.56 bits per heavy atom. The van der Waals surface area contributed by atoms with Gasteiger partial charge in [0.05, 0.1) is 6.61 Å². The number of anilines is 1. The minimum absolute atomic E-state index is 0.0800. The maximum atomic E-state index is 11.5. The minimum atomic E-state index is -0.130. The lowest BCUT2D eigenvalue weighted by Crippen LogP contribution is -2.23. The van der Waals surface area contributed by atoms with Crippen molar-refractivity contribution < 1.29 is 9.53 Å². The Labute approximate surface area is 95.8 Å². The van der Waals surface area contributed by atoms with E-state index in [0.29, 0.717) is 13.0 Å². The number of hydrogen-bond donors (Lipinski definition) is 2. The molecule has 1 unspecified atom stereocenters. The zero-order valence-corrected chi connectivity index (χ0v) is 9.69. The van der Waals surface area contributed by atoms with Crippen molar-refractivity contribution in [2.75, 3.05) is 11.9 Å². The highest BCUT2D eigenvalue weighted by atomic mass is 16.5. The van der Waals surface area contributed by atoms with E-state index in [4.69, 9.17) is 10.5 Å². The van der Waals surface area contributed by atoms with Crippen molar-refractivity contribution in [3.05, 3.63) is 24.3 Å². The van der Waals surface area contributed by atoms with E-state index in [2.05, 4.69) is 5.32 Å². The molecule has 0 aliphatic rings. The van der Waals surface area contributed by atoms with Crippen molar-refractivity contribution in [2.45, 2.75) is 26.3 Å². The van der Waals surface area contributed by atoms with Crippen LogP contribution in [0, 0.1) is 0 Å². The quantitative estimate of drug-likeness (QED) is 0.798. The zero-order valence-electron chi connectivity index (χ0n) is 9.69. The molecule has 4 heteroatoms. The van der Waals surface area contributed by atoms with Crippen LogP contribution in [0.1, 0.15) is 20.3 Å². The normalized spacial score (nSPS) is 11.9. The number of ether oxygens (including phenoxy) is 1. The Bertz CT molecular complexity index is 351. The summed E-state index contributed by atoms with van der Waals surface area (Å²) in [6, 6.07) is 7.18. The van der Waals surface area contributed by atoms with Crippen molar-refractivity contribution in [1.29, 1.82) is 0 Å². The van der Waals surface area contributed by atoms with Gasteiger partial charge in [0.25, 0.3) is 0 Å². The van der Waals surface area contributed by atoms with Crippen LogP contribution in [-0.4, -0.2) is 18.6 Å². The summed E-state index contributed by atoms with van der Waals surface area (Å²) in [4.78, 5) is 11.5. The lowest BCUT2D eigenvalue weighted by molar-refractivity contribution is -0.116. The number of nitrogens with two attached hydrogens (primary N) is 1. The summed E-state index contributed by atoms with van der Waals surface area (Å²) in [5.74, 6) is 0.671. The van der Waals surface area contributed by atoms with E-state index in [9.17, 15) is 4.79 Å². The van der Waals surface area contributed by atoms with Crippen molar-refractivity contribution in [3.8, 4) is 5.75 Å². The van der Waals surface area contributed by atoms with Crippen LogP contribution in [0.3, 0.4) is 0 Å². The summed E-state index contributed by atoms with van der Waals surface area (Å²) >= 11 is 0. The molecule has 0 radical (unpaired) electrons. The molecule has 1 amide bonds. The summed E-state index contributed by atoms with van der Waals surface area (Å²) in [7, 11) is 0. The van der Waals surface area contributed by atoms with Gasteiger partial charge in [0.15, 0.2) is 0 Å². The Balaban J connectivity index is 2.59. The fourth-order valence-electron chi connectivity index (χ4n) is 1.33. The number of rotatable bonds is 5. The number of carbonyl (C=O) groups excluding carboxylic acids is 1. The Hall–Kier alpha value is -1.55. The number of hydrogen-bond acceptors (Lipinski definition) is 3. The smallest absolute Gasteiger partial charge is 0.225 e. The van der Waals surface area contributed by atoms with E-state index < -0.39 is 0 Å². The maximum absolute atomic E-state index is 11.5. The summed E-state index contributed by atoms with van der Waals surface area (Å²) in [6.07, 6.45) is 0.318. The second-order valence-corrected chi connectivity index (χ2v) is 3.69. The lowest BCUT2D eigenvalue weighted by Gasteiger charge is -2.09. The molecule has 0 aliphatic heterocycles. The molecule has 1 rings (SSSR count). The number of benzene rings is 1. The standard InChI is InChI=1S/C12H18N2O2/c1-3-16-11-6-4-5-10(8-11)14-12(15)7-9(2)13/h4-6,8-9H,3,7,13H2,1-2H3,(H,14,15). The molecule has 0 aliphatic carbocycles. The minimum Gasteiger partial charge on any atom is -0.494 e. The molecule has 0 spiro atoms. The molecule has 1 aromatic rings. The van der Waals surface area contributed by atoms with E-state index in [-0.39, 0.29) is 11.9 Å². The van der Waals surface area contributed by atoms with Gasteiger partial charge >= 0.3 is 0 Å². The lowest BCUT2D eigenvalue weighted by atomic mass is 10.2. The first kappa shape index (κ1) is 12.5. The fraction of sp³-hybridized carbons (Fsp3) is 0.417. The van der Waals surface area contributed by atoms with E-state index in [1.54, 1.807) is 13.0 Å². The molecule has 3 N–H and O–H groups in total. The topological polar surface area (TPSA) is 64.3 Å². The van der Waals surface area contributed by atoms with Gasteiger partial charge in [0.2, 0.25) is 5.91 Å². The summed E-state index contributed by atoms with van der Waals surface area (Å²) < 4.78 is 5.33. The second-order valence-electron chi connectivity index (χ2n) is 3.69. The molecule has 0 bridgehead atoms. The molecule has 88 valence electrons. The first-order valence-electron chi connectivity index (χ1n) is 5.40. The van der Waals surface area contributed by atoms with Crippen LogP contribution in [0.4, 0.5) is 5.69 Å². The zero-order chi connectivity index (χ0) is 12.0. The third-order valence-electron chi connectivity index (χ3n) is 1.94. The van der Waals surface area contributed by atoms with Crippen molar-refractivity contribution in [3.63, 3.8) is 0 Å². The molecular weight excluding hydrogens is 204 g/mol. The van der Waals surface area contributed by atoms with Gasteiger partial charge in [-0.1, -0.05) is 6.07 Å². The molecule has 0 saturated heterocycles. The highest BCUT2D eigenvalue weighted by Gasteiger charge is 2.05. The van der Waals surface area contributed by atoms with E-state index in [0.717, 1.165) is 11.4 Å². The average Bonchev–Trinajstić information content (AvgIpc) is 2.17. The second kappa shape index (κ2) is 6.12. The van der Waals surface area contributed by atoms with Crippen LogP contribution < -0.4 is 15.8 Å². The SMILES string of the molecule is CCOc1cccc(NC(=O)CC(C)N)c1. The number of carbonyl (C=O) groups is 1. The van der Waals surface area contributed by atoms with Crippen molar-refractivity contribution in [1.82, 2.24) is 0 Å². The Morgan fingerprint density at radius 2 is 2.31 bits per heavy atom. The monoisotopic (exact) mass is 222 g/mol. The molecule has 1 aromatic carbocycles. The molecule has 0 aromatic heterocycles. The third kappa shape index (κ3) is 4.31. The first-order chi connectivity index (χ1) is 7.61. The van der Waals surface area contributed by atoms with Crippen LogP contribution in [0.5, 0.6) is 5.75 Å². The van der Waals surface area contributed by atoms with Crippen LogP contribution in [0.15, 0.2) is 24.3 Å². The van der Waals surface area contributed by atoms with Gasteiger partial charge in [-0.25, -0.2) is 0 Å². The summed E-state index contributed by atoms with van der Waals surface area (Å²) in [6.45, 7) is 4.33. The first-order valence-corrected chi connectivity index (χ1v) is 5.40. The number of nitrogens with one attached hydrogen (secondary N) is 1. The summed E-state index contributed by atoms with van der Waals surface area (Å²) in [5.41, 5.74) is 6.27. The molecule has 0 saturated carbocycles. The van der Waals surface area contributed by atoms with Gasteiger partial charge in [-0.15, -0.1) is 0 Å². The van der Waals surface area contributed by atoms with Crippen LogP contribution in [0.25, 0.3) is 0 Å². The Kier molecular flexibility index (Phi) is 4.79. The van der Waals surface area contributed by atoms with Crippen molar-refractivity contribution >= 4 is 11.6 Å². The van der Waals surface area contributed by atoms with E-state index in [1.165, 1.54) is 0 Å². The largest absolute Gasteiger partial charge is 0.494 e. The summed E-state index contributed by atoms with van der Waals surface area (Å²) in [5, 5.41) is 2.77. The predicted octanol–water partition coefficient (Wildman–Crippen LogP) is 1.76. The van der Waals surface area contributed by atoms with E-state index >= 15 is 0 Å². The Morgan fingerprint density at radius 3 is 2.94 bits per heavy atom. The molecule has 0 fully saturated rings. The van der Waals surface area contributed by atoms with Crippen LogP contribution in [-0.2, 0) is 4.79 Å². The van der Waals surface area contributed by atoms with E-state index in [1.807, 2.05) is 25.1 Å². The number of amides is 1. The van der Waals surface area contributed by atoms with Gasteiger partial charge < -0.3 is 15.8 Å². The highest BCUT2D eigenvalue weighted by Crippen LogP contribution is 2.17. The van der Waals surface area contributed by atoms with Gasteiger partial charge in [-0.05, 0) is 26.0 Å².